The van der Waals surface area contributed by atoms with Gasteiger partial charge < -0.3 is 10.2 Å². The first-order valence-corrected chi connectivity index (χ1v) is 4.18. The molecule has 1 heterocycles. The second-order valence-corrected chi connectivity index (χ2v) is 3.93. The fourth-order valence-corrected chi connectivity index (χ4v) is 2.31. The maximum Gasteiger partial charge on any atom is 0.0550 e. The maximum absolute atomic E-state index is 8.68. The van der Waals surface area contributed by atoms with Crippen LogP contribution in [0.3, 0.4) is 0 Å². The van der Waals surface area contributed by atoms with E-state index in [1.54, 1.807) is 11.8 Å². The third kappa shape index (κ3) is 1.85. The van der Waals surface area contributed by atoms with Crippen LogP contribution in [0.5, 0.6) is 0 Å². The fraction of sp³-hybridized carbons (Fsp3) is 1.00. The summed E-state index contributed by atoms with van der Waals surface area (Å²) in [5, 5.41) is 18.1. The lowest BCUT2D eigenvalue weighted by Gasteiger charge is -2.04. The van der Waals surface area contributed by atoms with Crippen LogP contribution < -0.4 is 0 Å². The van der Waals surface area contributed by atoms with Gasteiger partial charge in [-0.05, 0) is 12.8 Å². The van der Waals surface area contributed by atoms with Gasteiger partial charge in [0.2, 0.25) is 0 Å². The SMILES string of the molecule is OCC1CCC(CO)S1. The van der Waals surface area contributed by atoms with E-state index in [9.17, 15) is 0 Å². The van der Waals surface area contributed by atoms with Gasteiger partial charge in [-0.1, -0.05) is 0 Å². The standard InChI is InChI=1S/C6H12O2S/c7-3-5-1-2-6(4-8)9-5/h5-8H,1-4H2. The van der Waals surface area contributed by atoms with Gasteiger partial charge in [-0.15, -0.1) is 0 Å². The summed E-state index contributed by atoms with van der Waals surface area (Å²) in [6.07, 6.45) is 2.12. The number of rotatable bonds is 2. The van der Waals surface area contributed by atoms with E-state index >= 15 is 0 Å². The Morgan fingerprint density at radius 1 is 1.11 bits per heavy atom. The molecule has 3 heteroatoms. The number of hydrogen-bond acceptors (Lipinski definition) is 3. The lowest BCUT2D eigenvalue weighted by atomic mass is 10.2. The van der Waals surface area contributed by atoms with E-state index in [1.807, 2.05) is 0 Å². The van der Waals surface area contributed by atoms with E-state index in [0.717, 1.165) is 12.8 Å². The first kappa shape index (κ1) is 7.38. The molecule has 0 radical (unpaired) electrons. The van der Waals surface area contributed by atoms with Crippen LogP contribution in [0, 0.1) is 0 Å². The molecular weight excluding hydrogens is 136 g/mol. The Hall–Kier alpha value is 0.270. The Bertz CT molecular complexity index is 77.1. The van der Waals surface area contributed by atoms with Gasteiger partial charge in [0.25, 0.3) is 0 Å². The lowest BCUT2D eigenvalue weighted by Crippen LogP contribution is -2.05. The predicted octanol–water partition coefficient (Wildman–Crippen LogP) is 0.235. The van der Waals surface area contributed by atoms with Gasteiger partial charge in [0.1, 0.15) is 0 Å². The topological polar surface area (TPSA) is 40.5 Å². The van der Waals surface area contributed by atoms with E-state index in [0.29, 0.717) is 10.5 Å². The number of aliphatic hydroxyl groups is 2. The van der Waals surface area contributed by atoms with Gasteiger partial charge in [0.05, 0.1) is 13.2 Å². The molecule has 0 aromatic heterocycles. The molecular formula is C6H12O2S. The molecule has 2 N–H and O–H groups in total. The molecule has 2 atom stereocenters. The Kier molecular flexibility index (Phi) is 2.82. The van der Waals surface area contributed by atoms with E-state index in [2.05, 4.69) is 0 Å². The average molecular weight is 148 g/mol. The molecule has 0 amide bonds. The average Bonchev–Trinajstić information content (AvgIpc) is 2.34. The Morgan fingerprint density at radius 3 is 1.78 bits per heavy atom. The summed E-state index contributed by atoms with van der Waals surface area (Å²) in [4.78, 5) is 0. The first-order valence-electron chi connectivity index (χ1n) is 3.24. The minimum atomic E-state index is 0.265. The molecule has 0 bridgehead atoms. The fourth-order valence-electron chi connectivity index (χ4n) is 1.05. The van der Waals surface area contributed by atoms with Gasteiger partial charge in [-0.3, -0.25) is 0 Å². The van der Waals surface area contributed by atoms with Crippen molar-refractivity contribution in [3.8, 4) is 0 Å². The van der Waals surface area contributed by atoms with Crippen molar-refractivity contribution in [3.63, 3.8) is 0 Å². The zero-order chi connectivity index (χ0) is 6.69. The van der Waals surface area contributed by atoms with Crippen LogP contribution in [0.1, 0.15) is 12.8 Å². The van der Waals surface area contributed by atoms with Crippen molar-refractivity contribution in [2.75, 3.05) is 13.2 Å². The summed E-state index contributed by atoms with van der Waals surface area (Å²) in [7, 11) is 0. The van der Waals surface area contributed by atoms with Gasteiger partial charge >= 0.3 is 0 Å². The van der Waals surface area contributed by atoms with E-state index in [1.165, 1.54) is 0 Å². The molecule has 1 aliphatic heterocycles. The van der Waals surface area contributed by atoms with E-state index in [4.69, 9.17) is 10.2 Å². The van der Waals surface area contributed by atoms with Crippen molar-refractivity contribution in [2.24, 2.45) is 0 Å². The van der Waals surface area contributed by atoms with Gasteiger partial charge in [-0.25, -0.2) is 0 Å². The predicted molar refractivity (Wildman–Crippen MR) is 38.6 cm³/mol. The highest BCUT2D eigenvalue weighted by atomic mass is 32.2. The largest absolute Gasteiger partial charge is 0.395 e. The molecule has 9 heavy (non-hydrogen) atoms. The highest BCUT2D eigenvalue weighted by molar-refractivity contribution is 8.00. The van der Waals surface area contributed by atoms with Crippen molar-refractivity contribution in [1.82, 2.24) is 0 Å². The summed E-state index contributed by atoms with van der Waals surface area (Å²) in [5.74, 6) is 0. The van der Waals surface area contributed by atoms with Crippen molar-refractivity contribution in [2.45, 2.75) is 23.3 Å². The van der Waals surface area contributed by atoms with Crippen molar-refractivity contribution >= 4 is 11.8 Å². The summed E-state index contributed by atoms with van der Waals surface area (Å²) >= 11 is 1.71. The van der Waals surface area contributed by atoms with E-state index in [-0.39, 0.29) is 13.2 Å². The molecule has 2 unspecified atom stereocenters. The van der Waals surface area contributed by atoms with Gasteiger partial charge in [0.15, 0.2) is 0 Å². The molecule has 1 fully saturated rings. The number of aliphatic hydroxyl groups excluding tert-OH is 2. The second-order valence-electron chi connectivity index (χ2n) is 2.32. The first-order chi connectivity index (χ1) is 4.36. The van der Waals surface area contributed by atoms with Crippen molar-refractivity contribution < 1.29 is 10.2 Å². The Labute approximate surface area is 59.3 Å². The van der Waals surface area contributed by atoms with Crippen LogP contribution >= 0.6 is 11.8 Å². The third-order valence-electron chi connectivity index (χ3n) is 1.60. The van der Waals surface area contributed by atoms with Crippen LogP contribution in [-0.4, -0.2) is 33.9 Å². The Morgan fingerprint density at radius 2 is 1.56 bits per heavy atom. The molecule has 1 aliphatic rings. The monoisotopic (exact) mass is 148 g/mol. The van der Waals surface area contributed by atoms with Crippen LogP contribution in [0.15, 0.2) is 0 Å². The third-order valence-corrected chi connectivity index (χ3v) is 3.14. The number of thioether (sulfide) groups is 1. The molecule has 1 rings (SSSR count). The minimum absolute atomic E-state index is 0.265. The van der Waals surface area contributed by atoms with Crippen molar-refractivity contribution in [3.05, 3.63) is 0 Å². The van der Waals surface area contributed by atoms with Crippen LogP contribution in [0.25, 0.3) is 0 Å². The van der Waals surface area contributed by atoms with Crippen LogP contribution in [0.2, 0.25) is 0 Å². The normalized spacial score (nSPS) is 35.3. The van der Waals surface area contributed by atoms with Crippen molar-refractivity contribution in [1.29, 1.82) is 0 Å². The van der Waals surface area contributed by atoms with E-state index < -0.39 is 0 Å². The highest BCUT2D eigenvalue weighted by Crippen LogP contribution is 2.32. The molecule has 0 spiro atoms. The summed E-state index contributed by atoms with van der Waals surface area (Å²) in [6.45, 7) is 0.530. The molecule has 0 aromatic carbocycles. The second kappa shape index (κ2) is 3.44. The lowest BCUT2D eigenvalue weighted by molar-refractivity contribution is 0.284. The summed E-state index contributed by atoms with van der Waals surface area (Å²) in [5.41, 5.74) is 0. The molecule has 1 saturated heterocycles. The highest BCUT2D eigenvalue weighted by Gasteiger charge is 2.23. The Balaban J connectivity index is 2.20. The summed E-state index contributed by atoms with van der Waals surface area (Å²) in [6, 6.07) is 0. The smallest absolute Gasteiger partial charge is 0.0550 e. The quantitative estimate of drug-likeness (QED) is 0.589. The zero-order valence-electron chi connectivity index (χ0n) is 5.29. The molecule has 2 nitrogen and oxygen atoms in total. The minimum Gasteiger partial charge on any atom is -0.395 e. The summed E-state index contributed by atoms with van der Waals surface area (Å²) < 4.78 is 0. The maximum atomic E-state index is 8.68. The molecule has 0 aliphatic carbocycles. The zero-order valence-corrected chi connectivity index (χ0v) is 6.10. The molecule has 54 valence electrons. The number of hydrogen-bond donors (Lipinski definition) is 2. The molecule has 0 aromatic rings. The van der Waals surface area contributed by atoms with Crippen LogP contribution in [-0.2, 0) is 0 Å². The van der Waals surface area contributed by atoms with Gasteiger partial charge in [0, 0.05) is 10.5 Å². The molecule has 0 saturated carbocycles. The van der Waals surface area contributed by atoms with Gasteiger partial charge in [-0.2, -0.15) is 11.8 Å². The van der Waals surface area contributed by atoms with Crippen LogP contribution in [0.4, 0.5) is 0 Å².